The van der Waals surface area contributed by atoms with Crippen LogP contribution in [0.1, 0.15) is 45.8 Å². The summed E-state index contributed by atoms with van der Waals surface area (Å²) in [6.45, 7) is 8.02. The van der Waals surface area contributed by atoms with Gasteiger partial charge in [-0.15, -0.1) is 0 Å². The van der Waals surface area contributed by atoms with Crippen molar-refractivity contribution in [3.8, 4) is 0 Å². The average Bonchev–Trinajstić information content (AvgIpc) is 2.76. The molecule has 1 heterocycles. The second-order valence-electron chi connectivity index (χ2n) is 6.99. The van der Waals surface area contributed by atoms with E-state index in [0.717, 1.165) is 33.5 Å². The molecule has 0 aliphatic heterocycles. The third kappa shape index (κ3) is 2.91. The molecule has 1 aromatic carbocycles. The van der Waals surface area contributed by atoms with E-state index in [1.807, 2.05) is 39.8 Å². The van der Waals surface area contributed by atoms with Gasteiger partial charge >= 0.3 is 0 Å². The monoisotopic (exact) mass is 321 g/mol. The quantitative estimate of drug-likeness (QED) is 0.808. The number of Topliss-reactive ketones (excluding diaryl/α,β-unsaturated/α-hetero) is 2. The molecule has 0 spiro atoms. The second kappa shape index (κ2) is 6.31. The number of carbonyl (C=O) groups is 2. The Morgan fingerprint density at radius 3 is 2.33 bits per heavy atom. The maximum absolute atomic E-state index is 13.0. The highest BCUT2D eigenvalue weighted by molar-refractivity contribution is 6.15. The standard InChI is InChI=1S/C21H23NO2/c1-12-8-14(3)19(15(4)9-12)20-18(23)11-16(21(20)24)10-17-13(2)6-5-7-22-17/h5-9,16,20H,10-11H2,1-4H3. The summed E-state index contributed by atoms with van der Waals surface area (Å²) in [7, 11) is 0. The zero-order valence-corrected chi connectivity index (χ0v) is 14.7. The number of rotatable bonds is 3. The van der Waals surface area contributed by atoms with Gasteiger partial charge < -0.3 is 0 Å². The lowest BCUT2D eigenvalue weighted by molar-refractivity contribution is -0.124. The van der Waals surface area contributed by atoms with Crippen molar-refractivity contribution in [3.05, 3.63) is 64.0 Å². The van der Waals surface area contributed by atoms with Gasteiger partial charge in [0, 0.05) is 30.7 Å². The van der Waals surface area contributed by atoms with Crippen LogP contribution in [0.25, 0.3) is 0 Å². The average molecular weight is 321 g/mol. The van der Waals surface area contributed by atoms with E-state index in [-0.39, 0.29) is 17.5 Å². The van der Waals surface area contributed by atoms with Crippen LogP contribution in [0.3, 0.4) is 0 Å². The molecule has 1 saturated carbocycles. The van der Waals surface area contributed by atoms with Crippen LogP contribution < -0.4 is 0 Å². The molecule has 124 valence electrons. The summed E-state index contributed by atoms with van der Waals surface area (Å²) in [5, 5.41) is 0. The van der Waals surface area contributed by atoms with Crippen molar-refractivity contribution in [1.29, 1.82) is 0 Å². The van der Waals surface area contributed by atoms with Crippen LogP contribution in [-0.4, -0.2) is 16.6 Å². The van der Waals surface area contributed by atoms with Gasteiger partial charge in [-0.3, -0.25) is 14.6 Å². The van der Waals surface area contributed by atoms with Crippen LogP contribution in [0.2, 0.25) is 0 Å². The normalized spacial score (nSPS) is 20.7. The Morgan fingerprint density at radius 2 is 1.71 bits per heavy atom. The molecule has 2 atom stereocenters. The maximum Gasteiger partial charge on any atom is 0.151 e. The van der Waals surface area contributed by atoms with Crippen molar-refractivity contribution in [2.75, 3.05) is 0 Å². The van der Waals surface area contributed by atoms with Gasteiger partial charge in [0.1, 0.15) is 11.7 Å². The number of hydrogen-bond donors (Lipinski definition) is 0. The van der Waals surface area contributed by atoms with Crippen LogP contribution in [0.5, 0.6) is 0 Å². The van der Waals surface area contributed by atoms with Gasteiger partial charge in [0.05, 0.1) is 0 Å². The third-order valence-electron chi connectivity index (χ3n) is 5.04. The van der Waals surface area contributed by atoms with Gasteiger partial charge in [0.15, 0.2) is 5.78 Å². The van der Waals surface area contributed by atoms with Crippen LogP contribution in [0.4, 0.5) is 0 Å². The maximum atomic E-state index is 13.0. The number of aromatic nitrogens is 1. The molecule has 2 aromatic rings. The van der Waals surface area contributed by atoms with Crippen LogP contribution in [0, 0.1) is 33.6 Å². The molecule has 2 unspecified atom stereocenters. The van der Waals surface area contributed by atoms with Crippen molar-refractivity contribution in [2.45, 2.75) is 46.5 Å². The van der Waals surface area contributed by atoms with Gasteiger partial charge in [-0.1, -0.05) is 23.8 Å². The molecule has 0 amide bonds. The minimum atomic E-state index is -0.598. The Kier molecular flexibility index (Phi) is 4.35. The van der Waals surface area contributed by atoms with Crippen molar-refractivity contribution < 1.29 is 9.59 Å². The summed E-state index contributed by atoms with van der Waals surface area (Å²) < 4.78 is 0. The van der Waals surface area contributed by atoms with E-state index < -0.39 is 5.92 Å². The van der Waals surface area contributed by atoms with E-state index in [1.165, 1.54) is 0 Å². The summed E-state index contributed by atoms with van der Waals surface area (Å²) in [5.41, 5.74) is 6.14. The number of carbonyl (C=O) groups excluding carboxylic acids is 2. The number of hydrogen-bond acceptors (Lipinski definition) is 3. The molecule has 1 aromatic heterocycles. The lowest BCUT2D eigenvalue weighted by Crippen LogP contribution is -2.19. The van der Waals surface area contributed by atoms with Gasteiger partial charge in [-0.2, -0.15) is 0 Å². The molecular formula is C21H23NO2. The lowest BCUT2D eigenvalue weighted by atomic mass is 9.86. The number of ketones is 2. The van der Waals surface area contributed by atoms with Crippen molar-refractivity contribution >= 4 is 11.6 Å². The molecule has 0 saturated heterocycles. The summed E-state index contributed by atoms with van der Waals surface area (Å²) in [4.78, 5) is 30.0. The van der Waals surface area contributed by atoms with Crippen molar-refractivity contribution in [3.63, 3.8) is 0 Å². The first kappa shape index (κ1) is 16.6. The largest absolute Gasteiger partial charge is 0.298 e. The predicted octanol–water partition coefficient (Wildman–Crippen LogP) is 3.80. The van der Waals surface area contributed by atoms with Crippen LogP contribution in [-0.2, 0) is 16.0 Å². The molecule has 3 heteroatoms. The Hall–Kier alpha value is -2.29. The van der Waals surface area contributed by atoms with Crippen LogP contribution >= 0.6 is 0 Å². The number of benzene rings is 1. The number of aryl methyl sites for hydroxylation is 4. The number of pyridine rings is 1. The molecule has 1 aliphatic rings. The Balaban J connectivity index is 1.92. The first-order valence-electron chi connectivity index (χ1n) is 8.43. The smallest absolute Gasteiger partial charge is 0.151 e. The minimum Gasteiger partial charge on any atom is -0.298 e. The van der Waals surface area contributed by atoms with E-state index in [1.54, 1.807) is 6.20 Å². The third-order valence-corrected chi connectivity index (χ3v) is 5.04. The lowest BCUT2D eigenvalue weighted by Gasteiger charge is -2.16. The highest BCUT2D eigenvalue weighted by atomic mass is 16.2. The molecule has 0 radical (unpaired) electrons. The highest BCUT2D eigenvalue weighted by Crippen LogP contribution is 2.37. The van der Waals surface area contributed by atoms with E-state index in [4.69, 9.17) is 0 Å². The van der Waals surface area contributed by atoms with Gasteiger partial charge in [-0.25, -0.2) is 0 Å². The first-order chi connectivity index (χ1) is 11.4. The van der Waals surface area contributed by atoms with E-state index in [0.29, 0.717) is 12.8 Å². The van der Waals surface area contributed by atoms with Crippen molar-refractivity contribution in [2.24, 2.45) is 5.92 Å². The molecule has 0 N–H and O–H groups in total. The molecule has 3 nitrogen and oxygen atoms in total. The zero-order valence-electron chi connectivity index (χ0n) is 14.7. The molecule has 24 heavy (non-hydrogen) atoms. The van der Waals surface area contributed by atoms with Crippen molar-refractivity contribution in [1.82, 2.24) is 4.98 Å². The molecule has 3 rings (SSSR count). The summed E-state index contributed by atoms with van der Waals surface area (Å²) in [5.74, 6) is -0.746. The van der Waals surface area contributed by atoms with E-state index >= 15 is 0 Å². The minimum absolute atomic E-state index is 0.0497. The van der Waals surface area contributed by atoms with Gasteiger partial charge in [0.25, 0.3) is 0 Å². The molecule has 1 fully saturated rings. The highest BCUT2D eigenvalue weighted by Gasteiger charge is 2.43. The molecule has 0 bridgehead atoms. The Labute approximate surface area is 143 Å². The fourth-order valence-electron chi connectivity index (χ4n) is 3.94. The van der Waals surface area contributed by atoms with Gasteiger partial charge in [-0.05, 0) is 56.0 Å². The molecule has 1 aliphatic carbocycles. The Bertz CT molecular complexity index is 799. The second-order valence-corrected chi connectivity index (χ2v) is 6.99. The first-order valence-corrected chi connectivity index (χ1v) is 8.43. The zero-order chi connectivity index (χ0) is 17.4. The van der Waals surface area contributed by atoms with E-state index in [9.17, 15) is 9.59 Å². The Morgan fingerprint density at radius 1 is 1.04 bits per heavy atom. The summed E-state index contributed by atoms with van der Waals surface area (Å²) in [6.07, 6.45) is 2.62. The summed E-state index contributed by atoms with van der Waals surface area (Å²) in [6, 6.07) is 8.00. The molecular weight excluding hydrogens is 298 g/mol. The fourth-order valence-corrected chi connectivity index (χ4v) is 3.94. The van der Waals surface area contributed by atoms with Gasteiger partial charge in [0.2, 0.25) is 0 Å². The fraction of sp³-hybridized carbons (Fsp3) is 0.381. The predicted molar refractivity (Wildman–Crippen MR) is 94.2 cm³/mol. The van der Waals surface area contributed by atoms with E-state index in [2.05, 4.69) is 17.1 Å². The SMILES string of the molecule is Cc1cc(C)c(C2C(=O)CC(Cc3ncccc3C)C2=O)c(C)c1. The topological polar surface area (TPSA) is 47.0 Å². The van der Waals surface area contributed by atoms with Crippen LogP contribution in [0.15, 0.2) is 30.5 Å². The summed E-state index contributed by atoms with van der Waals surface area (Å²) >= 11 is 0. The number of nitrogens with zero attached hydrogens (tertiary/aromatic N) is 1.